The summed E-state index contributed by atoms with van der Waals surface area (Å²) in [5.74, 6) is 0. The van der Waals surface area contributed by atoms with E-state index in [1.54, 1.807) is 0 Å². The molecule has 0 unspecified atom stereocenters. The first-order valence-corrected chi connectivity index (χ1v) is 9.29. The van der Waals surface area contributed by atoms with Gasteiger partial charge >= 0.3 is 0 Å². The Hall–Kier alpha value is -1.69. The van der Waals surface area contributed by atoms with Crippen LogP contribution in [0, 0.1) is 0 Å². The van der Waals surface area contributed by atoms with Crippen LogP contribution in [0.15, 0.2) is 42.7 Å². The van der Waals surface area contributed by atoms with Crippen molar-refractivity contribution in [3.63, 3.8) is 0 Å². The van der Waals surface area contributed by atoms with Crippen molar-refractivity contribution in [3.05, 3.63) is 53.9 Å². The smallest absolute Gasteiger partial charge is 0.0594 e. The molecule has 1 aliphatic rings. The second-order valence-electron chi connectivity index (χ2n) is 7.05. The number of hydrogen-bond donors (Lipinski definition) is 1. The highest BCUT2D eigenvalue weighted by Gasteiger charge is 2.23. The van der Waals surface area contributed by atoms with E-state index in [-0.39, 0.29) is 6.04 Å². The molecule has 136 valence electrons. The van der Waals surface area contributed by atoms with Gasteiger partial charge in [-0.3, -0.25) is 9.58 Å². The molecule has 0 saturated carbocycles. The summed E-state index contributed by atoms with van der Waals surface area (Å²) in [6, 6.07) is 11.8. The number of aromatic nitrogens is 2. The monoisotopic (exact) mass is 342 g/mol. The highest BCUT2D eigenvalue weighted by atomic mass is 16.5. The molecule has 1 aliphatic heterocycles. The van der Waals surface area contributed by atoms with Gasteiger partial charge in [-0.2, -0.15) is 5.10 Å². The second kappa shape index (κ2) is 8.61. The Morgan fingerprint density at radius 1 is 1.08 bits per heavy atom. The van der Waals surface area contributed by atoms with Gasteiger partial charge in [-0.05, 0) is 26.3 Å². The number of hydrogen-bond acceptors (Lipinski definition) is 4. The van der Waals surface area contributed by atoms with E-state index in [1.807, 2.05) is 10.9 Å². The van der Waals surface area contributed by atoms with Gasteiger partial charge < -0.3 is 10.1 Å². The molecule has 0 aliphatic carbocycles. The predicted molar refractivity (Wildman–Crippen MR) is 101 cm³/mol. The molecule has 0 radical (unpaired) electrons. The van der Waals surface area contributed by atoms with Crippen LogP contribution < -0.4 is 5.32 Å². The zero-order chi connectivity index (χ0) is 17.6. The van der Waals surface area contributed by atoms with E-state index in [0.29, 0.717) is 12.1 Å². The Kier molecular flexibility index (Phi) is 6.24. The quantitative estimate of drug-likeness (QED) is 0.839. The fourth-order valence-electron chi connectivity index (χ4n) is 3.29. The molecule has 25 heavy (non-hydrogen) atoms. The normalized spacial score (nSPS) is 18.4. The summed E-state index contributed by atoms with van der Waals surface area (Å²) in [5.41, 5.74) is 2.60. The summed E-state index contributed by atoms with van der Waals surface area (Å²) in [7, 11) is 0. The minimum atomic E-state index is 0.278. The van der Waals surface area contributed by atoms with Gasteiger partial charge in [-0.1, -0.05) is 30.3 Å². The van der Waals surface area contributed by atoms with Crippen LogP contribution >= 0.6 is 0 Å². The van der Waals surface area contributed by atoms with E-state index in [1.165, 1.54) is 11.1 Å². The van der Waals surface area contributed by atoms with E-state index in [4.69, 9.17) is 4.74 Å². The first-order chi connectivity index (χ1) is 12.1. The Morgan fingerprint density at radius 2 is 1.80 bits per heavy atom. The van der Waals surface area contributed by atoms with Gasteiger partial charge in [0.25, 0.3) is 0 Å². The molecule has 3 rings (SSSR count). The van der Waals surface area contributed by atoms with Crippen LogP contribution in [-0.4, -0.2) is 47.5 Å². The SMILES string of the molecule is CC(C)n1cc([C@@H](C)NC[C@@H](c2ccccc2)N2CCOCC2)cn1. The van der Waals surface area contributed by atoms with E-state index < -0.39 is 0 Å². The fourth-order valence-corrected chi connectivity index (χ4v) is 3.29. The zero-order valence-electron chi connectivity index (χ0n) is 15.6. The van der Waals surface area contributed by atoms with Gasteiger partial charge in [0.2, 0.25) is 0 Å². The van der Waals surface area contributed by atoms with Crippen LogP contribution in [0.2, 0.25) is 0 Å². The standard InChI is InChI=1S/C20H30N4O/c1-16(2)24-15-19(13-22-24)17(3)21-14-20(18-7-5-4-6-8-18)23-9-11-25-12-10-23/h4-8,13,15-17,20-21H,9-12,14H2,1-3H3/t17-,20+/m1/s1. The molecule has 1 fully saturated rings. The Bertz CT molecular complexity index is 634. The number of nitrogens with zero attached hydrogens (tertiary/aromatic N) is 3. The van der Waals surface area contributed by atoms with Crippen LogP contribution in [0.5, 0.6) is 0 Å². The van der Waals surface area contributed by atoms with Crippen molar-refractivity contribution in [1.29, 1.82) is 0 Å². The molecule has 2 heterocycles. The van der Waals surface area contributed by atoms with Crippen molar-refractivity contribution in [2.24, 2.45) is 0 Å². The minimum Gasteiger partial charge on any atom is -0.379 e. The zero-order valence-corrected chi connectivity index (χ0v) is 15.6. The average Bonchev–Trinajstić information content (AvgIpc) is 3.14. The largest absolute Gasteiger partial charge is 0.379 e. The van der Waals surface area contributed by atoms with Crippen LogP contribution in [0.3, 0.4) is 0 Å². The molecule has 5 heteroatoms. The summed E-state index contributed by atoms with van der Waals surface area (Å²) < 4.78 is 7.55. The molecule has 1 aromatic heterocycles. The van der Waals surface area contributed by atoms with Crippen molar-refractivity contribution in [1.82, 2.24) is 20.0 Å². The lowest BCUT2D eigenvalue weighted by Crippen LogP contribution is -2.43. The lowest BCUT2D eigenvalue weighted by atomic mass is 10.0. The molecule has 2 aromatic rings. The summed E-state index contributed by atoms with van der Waals surface area (Å²) in [5, 5.41) is 8.17. The summed E-state index contributed by atoms with van der Waals surface area (Å²) in [6.07, 6.45) is 4.12. The molecule has 1 saturated heterocycles. The van der Waals surface area contributed by atoms with Crippen LogP contribution in [0.1, 0.15) is 50.0 Å². The third-order valence-corrected chi connectivity index (χ3v) is 4.94. The number of morpholine rings is 1. The maximum Gasteiger partial charge on any atom is 0.0594 e. The van der Waals surface area contributed by atoms with Crippen molar-refractivity contribution >= 4 is 0 Å². The lowest BCUT2D eigenvalue weighted by molar-refractivity contribution is 0.0157. The predicted octanol–water partition coefficient (Wildman–Crippen LogP) is 3.19. The topological polar surface area (TPSA) is 42.3 Å². The lowest BCUT2D eigenvalue weighted by Gasteiger charge is -2.35. The van der Waals surface area contributed by atoms with Crippen molar-refractivity contribution in [3.8, 4) is 0 Å². The molecular formula is C20H30N4O. The molecular weight excluding hydrogens is 312 g/mol. The van der Waals surface area contributed by atoms with Crippen LogP contribution in [0.4, 0.5) is 0 Å². The van der Waals surface area contributed by atoms with Gasteiger partial charge in [0.1, 0.15) is 0 Å². The van der Waals surface area contributed by atoms with Crippen LogP contribution in [0.25, 0.3) is 0 Å². The molecule has 2 atom stereocenters. The van der Waals surface area contributed by atoms with Crippen molar-refractivity contribution in [2.75, 3.05) is 32.8 Å². The third-order valence-electron chi connectivity index (χ3n) is 4.94. The van der Waals surface area contributed by atoms with E-state index >= 15 is 0 Å². The maximum atomic E-state index is 5.53. The Balaban J connectivity index is 1.67. The summed E-state index contributed by atoms with van der Waals surface area (Å²) in [4.78, 5) is 2.52. The van der Waals surface area contributed by atoms with Gasteiger partial charge in [0.15, 0.2) is 0 Å². The van der Waals surface area contributed by atoms with Gasteiger partial charge in [-0.25, -0.2) is 0 Å². The minimum absolute atomic E-state index is 0.278. The number of nitrogens with one attached hydrogen (secondary N) is 1. The van der Waals surface area contributed by atoms with Gasteiger partial charge in [-0.15, -0.1) is 0 Å². The van der Waals surface area contributed by atoms with E-state index in [0.717, 1.165) is 32.8 Å². The molecule has 1 N–H and O–H groups in total. The number of rotatable bonds is 7. The van der Waals surface area contributed by atoms with Crippen LogP contribution in [-0.2, 0) is 4.74 Å². The number of ether oxygens (including phenoxy) is 1. The summed E-state index contributed by atoms with van der Waals surface area (Å²) in [6.45, 7) is 11.0. The fraction of sp³-hybridized carbons (Fsp3) is 0.550. The molecule has 0 bridgehead atoms. The van der Waals surface area contributed by atoms with E-state index in [2.05, 4.69) is 72.6 Å². The average molecular weight is 342 g/mol. The molecule has 1 aromatic carbocycles. The van der Waals surface area contributed by atoms with E-state index in [9.17, 15) is 0 Å². The van der Waals surface area contributed by atoms with Gasteiger partial charge in [0.05, 0.1) is 19.4 Å². The highest BCUT2D eigenvalue weighted by Crippen LogP contribution is 2.22. The van der Waals surface area contributed by atoms with Crippen molar-refractivity contribution < 1.29 is 4.74 Å². The maximum absolute atomic E-state index is 5.53. The molecule has 0 spiro atoms. The first kappa shape index (κ1) is 18.1. The highest BCUT2D eigenvalue weighted by molar-refractivity contribution is 5.20. The van der Waals surface area contributed by atoms with Gasteiger partial charge in [0, 0.05) is 49.5 Å². The first-order valence-electron chi connectivity index (χ1n) is 9.29. The molecule has 0 amide bonds. The Morgan fingerprint density at radius 3 is 2.44 bits per heavy atom. The Labute approximate surface area is 151 Å². The summed E-state index contributed by atoms with van der Waals surface area (Å²) >= 11 is 0. The third kappa shape index (κ3) is 4.69. The second-order valence-corrected chi connectivity index (χ2v) is 7.05. The number of benzene rings is 1. The molecule has 5 nitrogen and oxygen atoms in total. The van der Waals surface area contributed by atoms with Crippen molar-refractivity contribution in [2.45, 2.75) is 38.9 Å².